The highest BCUT2D eigenvalue weighted by Crippen LogP contribution is 2.40. The number of hydrogen-bond acceptors (Lipinski definition) is 5. The van der Waals surface area contributed by atoms with Gasteiger partial charge in [0.2, 0.25) is 0 Å². The van der Waals surface area contributed by atoms with Crippen LogP contribution in [0.5, 0.6) is 5.75 Å². The number of nitrogens with zero attached hydrogens (tertiary/aromatic N) is 2. The Morgan fingerprint density at radius 2 is 1.72 bits per heavy atom. The fourth-order valence-corrected chi connectivity index (χ4v) is 3.78. The molecule has 1 amide bonds. The fraction of sp³-hybridized carbons (Fsp3) is 0.360. The van der Waals surface area contributed by atoms with Crippen molar-refractivity contribution < 1.29 is 23.8 Å². The number of carbonyl (C=O) groups is 2. The molecule has 1 atom stereocenters. The van der Waals surface area contributed by atoms with Gasteiger partial charge in [-0.1, -0.05) is 12.1 Å². The number of amides is 1. The molecule has 0 saturated carbocycles. The fourth-order valence-electron chi connectivity index (χ4n) is 3.78. The van der Waals surface area contributed by atoms with Crippen LogP contribution in [0.2, 0.25) is 0 Å². The van der Waals surface area contributed by atoms with Crippen molar-refractivity contribution in [2.24, 2.45) is 0 Å². The Morgan fingerprint density at radius 3 is 2.28 bits per heavy atom. The number of ether oxygens (including phenoxy) is 1. The van der Waals surface area contributed by atoms with E-state index in [4.69, 9.17) is 4.74 Å². The zero-order chi connectivity index (χ0) is 23.4. The minimum absolute atomic E-state index is 0.00369. The molecule has 1 aliphatic rings. The summed E-state index contributed by atoms with van der Waals surface area (Å²) in [5, 5.41) is 11.0. The molecule has 0 bridgehead atoms. The average molecular weight is 441 g/mol. The standard InChI is InChI=1S/C25H29FN2O4/c1-16(2)32-20-12-8-17(9-13-20)22-21(23(29)18-6-10-19(26)11-7-18)24(30)25(31)28(22)15-5-14-27(3)4/h6-13,16,22,29H,5,14-15H2,1-4H3/b23-21+/t22-/m0/s1. The molecular weight excluding hydrogens is 411 g/mol. The number of ketones is 1. The number of benzene rings is 2. The molecule has 0 radical (unpaired) electrons. The van der Waals surface area contributed by atoms with E-state index >= 15 is 0 Å². The first-order valence-electron chi connectivity index (χ1n) is 10.6. The number of Topliss-reactive ketones (excluding diaryl/α,β-unsaturated/α-hetero) is 1. The van der Waals surface area contributed by atoms with E-state index in [1.165, 1.54) is 29.2 Å². The lowest BCUT2D eigenvalue weighted by atomic mass is 9.95. The Morgan fingerprint density at radius 1 is 1.09 bits per heavy atom. The first kappa shape index (κ1) is 23.5. The number of likely N-dealkylation sites (tertiary alicyclic amines) is 1. The van der Waals surface area contributed by atoms with Gasteiger partial charge < -0.3 is 19.6 Å². The predicted molar refractivity (Wildman–Crippen MR) is 121 cm³/mol. The van der Waals surface area contributed by atoms with Crippen molar-refractivity contribution in [3.05, 3.63) is 71.0 Å². The van der Waals surface area contributed by atoms with Gasteiger partial charge >= 0.3 is 0 Å². The minimum Gasteiger partial charge on any atom is -0.507 e. The SMILES string of the molecule is CC(C)Oc1ccc([C@H]2/C(=C(\O)c3ccc(F)cc3)C(=O)C(=O)N2CCCN(C)C)cc1. The molecule has 2 aromatic carbocycles. The highest BCUT2D eigenvalue weighted by molar-refractivity contribution is 6.46. The number of rotatable bonds is 8. The molecule has 7 heteroatoms. The van der Waals surface area contributed by atoms with Gasteiger partial charge in [0.25, 0.3) is 11.7 Å². The van der Waals surface area contributed by atoms with E-state index in [0.717, 1.165) is 6.54 Å². The summed E-state index contributed by atoms with van der Waals surface area (Å²) in [6.07, 6.45) is 0.678. The third-order valence-corrected chi connectivity index (χ3v) is 5.23. The molecule has 1 N–H and O–H groups in total. The van der Waals surface area contributed by atoms with Gasteiger partial charge in [-0.25, -0.2) is 4.39 Å². The van der Waals surface area contributed by atoms with Crippen LogP contribution >= 0.6 is 0 Å². The highest BCUT2D eigenvalue weighted by atomic mass is 19.1. The van der Waals surface area contributed by atoms with Gasteiger partial charge in [0.1, 0.15) is 17.3 Å². The number of halogens is 1. The molecule has 0 spiro atoms. The second-order valence-corrected chi connectivity index (χ2v) is 8.39. The molecule has 32 heavy (non-hydrogen) atoms. The van der Waals surface area contributed by atoms with Crippen LogP contribution in [0.25, 0.3) is 5.76 Å². The lowest BCUT2D eigenvalue weighted by Gasteiger charge is -2.26. The maximum Gasteiger partial charge on any atom is 0.295 e. The van der Waals surface area contributed by atoms with Gasteiger partial charge in [0.15, 0.2) is 0 Å². The van der Waals surface area contributed by atoms with E-state index in [2.05, 4.69) is 0 Å². The minimum atomic E-state index is -0.746. The van der Waals surface area contributed by atoms with E-state index in [9.17, 15) is 19.1 Å². The van der Waals surface area contributed by atoms with Crippen LogP contribution in [0.15, 0.2) is 54.1 Å². The Balaban J connectivity index is 2.05. The van der Waals surface area contributed by atoms with Crippen LogP contribution in [0.3, 0.4) is 0 Å². The van der Waals surface area contributed by atoms with Crippen molar-refractivity contribution >= 4 is 17.4 Å². The van der Waals surface area contributed by atoms with Crippen molar-refractivity contribution in [3.63, 3.8) is 0 Å². The van der Waals surface area contributed by atoms with Gasteiger partial charge in [-0.15, -0.1) is 0 Å². The third kappa shape index (κ3) is 5.16. The van der Waals surface area contributed by atoms with Gasteiger partial charge in [0, 0.05) is 12.1 Å². The Bertz CT molecular complexity index is 998. The molecule has 1 saturated heterocycles. The molecule has 0 unspecified atom stereocenters. The molecule has 1 fully saturated rings. The van der Waals surface area contributed by atoms with E-state index in [1.807, 2.05) is 32.8 Å². The maximum atomic E-state index is 13.4. The van der Waals surface area contributed by atoms with Crippen LogP contribution in [0.1, 0.15) is 37.4 Å². The van der Waals surface area contributed by atoms with Gasteiger partial charge in [-0.05, 0) is 82.9 Å². The lowest BCUT2D eigenvalue weighted by Crippen LogP contribution is -2.32. The molecule has 2 aromatic rings. The number of carbonyl (C=O) groups excluding carboxylic acids is 2. The van der Waals surface area contributed by atoms with Crippen LogP contribution in [-0.4, -0.2) is 59.9 Å². The summed E-state index contributed by atoms with van der Waals surface area (Å²) in [5.74, 6) is -1.50. The van der Waals surface area contributed by atoms with Crippen molar-refractivity contribution in [2.45, 2.75) is 32.4 Å². The summed E-state index contributed by atoms with van der Waals surface area (Å²) in [6, 6.07) is 11.6. The highest BCUT2D eigenvalue weighted by Gasteiger charge is 2.45. The zero-order valence-corrected chi connectivity index (χ0v) is 18.8. The van der Waals surface area contributed by atoms with Crippen molar-refractivity contribution in [2.75, 3.05) is 27.2 Å². The first-order chi connectivity index (χ1) is 15.2. The van der Waals surface area contributed by atoms with E-state index in [-0.39, 0.29) is 23.0 Å². The van der Waals surface area contributed by atoms with E-state index < -0.39 is 23.5 Å². The van der Waals surface area contributed by atoms with Crippen molar-refractivity contribution in [1.82, 2.24) is 9.80 Å². The number of hydrogen-bond donors (Lipinski definition) is 1. The molecule has 1 heterocycles. The monoisotopic (exact) mass is 440 g/mol. The molecule has 6 nitrogen and oxygen atoms in total. The summed E-state index contributed by atoms with van der Waals surface area (Å²) in [4.78, 5) is 29.4. The average Bonchev–Trinajstić information content (AvgIpc) is 2.99. The second-order valence-electron chi connectivity index (χ2n) is 8.39. The Kier molecular flexibility index (Phi) is 7.30. The smallest absolute Gasteiger partial charge is 0.295 e. The summed E-state index contributed by atoms with van der Waals surface area (Å²) in [6.45, 7) is 4.96. The molecule has 0 aromatic heterocycles. The molecule has 170 valence electrons. The largest absolute Gasteiger partial charge is 0.507 e. The lowest BCUT2D eigenvalue weighted by molar-refractivity contribution is -0.139. The van der Waals surface area contributed by atoms with Gasteiger partial charge in [-0.3, -0.25) is 9.59 Å². The number of aliphatic hydroxyl groups excluding tert-OH is 1. The molecule has 0 aliphatic carbocycles. The first-order valence-corrected chi connectivity index (χ1v) is 10.6. The summed E-state index contributed by atoms with van der Waals surface area (Å²) < 4.78 is 19.1. The molecular formula is C25H29FN2O4. The van der Waals surface area contributed by atoms with Crippen molar-refractivity contribution in [3.8, 4) is 5.75 Å². The quantitative estimate of drug-likeness (QED) is 0.382. The normalized spacial score (nSPS) is 18.1. The molecule has 3 rings (SSSR count). The van der Waals surface area contributed by atoms with Crippen LogP contribution in [0.4, 0.5) is 4.39 Å². The summed E-state index contributed by atoms with van der Waals surface area (Å²) >= 11 is 0. The second kappa shape index (κ2) is 9.96. The maximum absolute atomic E-state index is 13.4. The number of aliphatic hydroxyl groups is 1. The van der Waals surface area contributed by atoms with Crippen molar-refractivity contribution in [1.29, 1.82) is 0 Å². The summed E-state index contributed by atoms with van der Waals surface area (Å²) in [7, 11) is 3.88. The van der Waals surface area contributed by atoms with Gasteiger partial charge in [0.05, 0.1) is 17.7 Å². The van der Waals surface area contributed by atoms with Crippen LogP contribution in [-0.2, 0) is 9.59 Å². The predicted octanol–water partition coefficient (Wildman–Crippen LogP) is 3.99. The topological polar surface area (TPSA) is 70.1 Å². The van der Waals surface area contributed by atoms with Gasteiger partial charge in [-0.2, -0.15) is 0 Å². The third-order valence-electron chi connectivity index (χ3n) is 5.23. The van der Waals surface area contributed by atoms with E-state index in [0.29, 0.717) is 24.3 Å². The van der Waals surface area contributed by atoms with E-state index in [1.54, 1.807) is 24.3 Å². The van der Waals surface area contributed by atoms with Crippen LogP contribution < -0.4 is 4.74 Å². The molecule has 1 aliphatic heterocycles. The zero-order valence-electron chi connectivity index (χ0n) is 18.8. The summed E-state index contributed by atoms with van der Waals surface area (Å²) in [5.41, 5.74) is 0.972. The Labute approximate surface area is 187 Å². The Hall–Kier alpha value is -3.19. The van der Waals surface area contributed by atoms with Crippen LogP contribution in [0, 0.1) is 5.82 Å².